The van der Waals surface area contributed by atoms with Gasteiger partial charge in [0.15, 0.2) is 5.76 Å². The van der Waals surface area contributed by atoms with E-state index in [4.69, 9.17) is 20.8 Å². The zero-order valence-electron chi connectivity index (χ0n) is 16.0. The first-order valence-electron chi connectivity index (χ1n) is 9.14. The van der Waals surface area contributed by atoms with Crippen molar-refractivity contribution < 1.29 is 9.15 Å². The molecule has 0 aliphatic rings. The third-order valence-corrected chi connectivity index (χ3v) is 5.57. The van der Waals surface area contributed by atoms with Gasteiger partial charge >= 0.3 is 0 Å². The quantitative estimate of drug-likeness (QED) is 0.321. The largest absolute Gasteiger partial charge is 0.481 e. The van der Waals surface area contributed by atoms with Gasteiger partial charge < -0.3 is 9.15 Å². The van der Waals surface area contributed by atoms with Crippen LogP contribution in [0.1, 0.15) is 16.7 Å². The van der Waals surface area contributed by atoms with Crippen molar-refractivity contribution in [3.63, 3.8) is 0 Å². The molecule has 29 heavy (non-hydrogen) atoms. The highest BCUT2D eigenvalue weighted by Crippen LogP contribution is 2.36. The monoisotopic (exact) mass is 468 g/mol. The zero-order valence-corrected chi connectivity index (χ0v) is 18.3. The number of aryl methyl sites for hydroxylation is 2. The van der Waals surface area contributed by atoms with Crippen molar-refractivity contribution in [3.8, 4) is 17.1 Å². The second-order valence-corrected chi connectivity index (χ2v) is 8.26. The molecule has 4 rings (SSSR count). The molecule has 0 fully saturated rings. The molecule has 0 atom stereocenters. The van der Waals surface area contributed by atoms with Crippen LogP contribution in [0.2, 0.25) is 5.02 Å². The lowest BCUT2D eigenvalue weighted by Crippen LogP contribution is -2.11. The van der Waals surface area contributed by atoms with Crippen molar-refractivity contribution in [1.82, 2.24) is 0 Å². The van der Waals surface area contributed by atoms with Gasteiger partial charge in [0.05, 0.1) is 10.4 Å². The normalized spacial score (nSPS) is 11.0. The number of benzene rings is 3. The molecule has 5 heteroatoms. The number of hydrogen-bond donors (Lipinski definition) is 0. The molecule has 3 aromatic carbocycles. The maximum absolute atomic E-state index is 13.4. The molecule has 0 amide bonds. The maximum Gasteiger partial charge on any atom is 0.235 e. The van der Waals surface area contributed by atoms with Crippen LogP contribution in [0.5, 0.6) is 5.75 Å². The number of ether oxygens (including phenoxy) is 1. The summed E-state index contributed by atoms with van der Waals surface area (Å²) in [6.45, 7) is 4.12. The van der Waals surface area contributed by atoms with Crippen molar-refractivity contribution in [3.05, 3.63) is 97.1 Å². The molecule has 0 unspecified atom stereocenters. The molecule has 3 nitrogen and oxygen atoms in total. The van der Waals surface area contributed by atoms with Gasteiger partial charge in [0.1, 0.15) is 12.2 Å². The highest BCUT2D eigenvalue weighted by molar-refractivity contribution is 9.10. The second-order valence-electron chi connectivity index (χ2n) is 6.94. The summed E-state index contributed by atoms with van der Waals surface area (Å²) in [5, 5.41) is 1.02. The van der Waals surface area contributed by atoms with E-state index >= 15 is 0 Å². The Morgan fingerprint density at radius 3 is 2.48 bits per heavy atom. The van der Waals surface area contributed by atoms with Crippen molar-refractivity contribution in [2.75, 3.05) is 0 Å². The summed E-state index contributed by atoms with van der Waals surface area (Å²) >= 11 is 9.83. The minimum Gasteiger partial charge on any atom is -0.481 e. The fraction of sp³-hybridized carbons (Fsp3) is 0.125. The lowest BCUT2D eigenvalue weighted by atomic mass is 10.0. The Kier molecular flexibility index (Phi) is 5.48. The van der Waals surface area contributed by atoms with Crippen LogP contribution in [-0.4, -0.2) is 0 Å². The minimum atomic E-state index is -0.198. The van der Waals surface area contributed by atoms with Crippen LogP contribution in [0.25, 0.3) is 22.3 Å². The van der Waals surface area contributed by atoms with E-state index in [1.165, 1.54) is 0 Å². The van der Waals surface area contributed by atoms with Gasteiger partial charge in [-0.1, -0.05) is 57.9 Å². The predicted molar refractivity (Wildman–Crippen MR) is 121 cm³/mol. The van der Waals surface area contributed by atoms with Gasteiger partial charge in [0, 0.05) is 10.0 Å². The van der Waals surface area contributed by atoms with Gasteiger partial charge in [0.25, 0.3) is 0 Å². The average Bonchev–Trinajstić information content (AvgIpc) is 2.68. The van der Waals surface area contributed by atoms with Crippen molar-refractivity contribution >= 4 is 38.5 Å². The van der Waals surface area contributed by atoms with Crippen LogP contribution in [0, 0.1) is 13.8 Å². The summed E-state index contributed by atoms with van der Waals surface area (Å²) in [5.41, 5.74) is 3.77. The Morgan fingerprint density at radius 2 is 1.76 bits per heavy atom. The molecule has 4 aromatic rings. The van der Waals surface area contributed by atoms with Crippen molar-refractivity contribution in [2.45, 2.75) is 20.5 Å². The Labute approximate surface area is 182 Å². The first kappa shape index (κ1) is 19.7. The summed E-state index contributed by atoms with van der Waals surface area (Å²) in [6, 6.07) is 18.9. The van der Waals surface area contributed by atoms with E-state index < -0.39 is 0 Å². The fourth-order valence-electron chi connectivity index (χ4n) is 3.36. The minimum absolute atomic E-state index is 0.167. The van der Waals surface area contributed by atoms with Crippen molar-refractivity contribution in [2.24, 2.45) is 0 Å². The van der Waals surface area contributed by atoms with E-state index in [0.29, 0.717) is 27.3 Å². The molecule has 0 aliphatic carbocycles. The first-order chi connectivity index (χ1) is 13.9. The van der Waals surface area contributed by atoms with E-state index in [-0.39, 0.29) is 17.8 Å². The molecule has 1 heterocycles. The topological polar surface area (TPSA) is 39.4 Å². The Bertz CT molecular complexity index is 1260. The van der Waals surface area contributed by atoms with E-state index in [2.05, 4.69) is 15.9 Å². The lowest BCUT2D eigenvalue weighted by molar-refractivity contribution is 0.298. The van der Waals surface area contributed by atoms with E-state index in [0.717, 1.165) is 21.2 Å². The number of halogens is 2. The molecule has 1 aromatic heterocycles. The third kappa shape index (κ3) is 3.96. The average molecular weight is 470 g/mol. The van der Waals surface area contributed by atoms with Crippen LogP contribution in [0.15, 0.2) is 74.3 Å². The summed E-state index contributed by atoms with van der Waals surface area (Å²) in [6.07, 6.45) is 0. The highest BCUT2D eigenvalue weighted by atomic mass is 79.9. The van der Waals surface area contributed by atoms with Gasteiger partial charge in [-0.25, -0.2) is 0 Å². The summed E-state index contributed by atoms with van der Waals surface area (Å²) in [4.78, 5) is 13.4. The van der Waals surface area contributed by atoms with Crippen molar-refractivity contribution in [1.29, 1.82) is 0 Å². The van der Waals surface area contributed by atoms with E-state index in [1.807, 2.05) is 68.4 Å². The summed E-state index contributed by atoms with van der Waals surface area (Å²) in [5.74, 6) is 0.510. The van der Waals surface area contributed by atoms with Crippen LogP contribution in [-0.2, 0) is 6.61 Å². The summed E-state index contributed by atoms with van der Waals surface area (Å²) in [7, 11) is 0. The van der Waals surface area contributed by atoms with Crippen LogP contribution >= 0.6 is 27.5 Å². The standard InChI is InChI=1S/C24H18BrClO3/c1-14-11-15(2)21-20(12-14)29-23(18-5-3-4-6-19(18)26)24(22(21)27)28-13-16-7-9-17(25)10-8-16/h3-12H,13H2,1-2H3. The number of rotatable bonds is 4. The third-order valence-electron chi connectivity index (χ3n) is 4.71. The molecule has 0 aliphatic heterocycles. The Morgan fingerprint density at radius 1 is 1.03 bits per heavy atom. The Hall–Kier alpha value is -2.56. The van der Waals surface area contributed by atoms with Gasteiger partial charge in [0.2, 0.25) is 11.2 Å². The van der Waals surface area contributed by atoms with E-state index in [1.54, 1.807) is 6.07 Å². The van der Waals surface area contributed by atoms with Gasteiger partial charge in [-0.15, -0.1) is 0 Å². The van der Waals surface area contributed by atoms with E-state index in [9.17, 15) is 4.79 Å². The smallest absolute Gasteiger partial charge is 0.235 e. The predicted octanol–water partition coefficient (Wildman–Crippen LogP) is 7.07. The highest BCUT2D eigenvalue weighted by Gasteiger charge is 2.21. The number of hydrogen-bond acceptors (Lipinski definition) is 3. The van der Waals surface area contributed by atoms with Gasteiger partial charge in [-0.2, -0.15) is 0 Å². The second kappa shape index (κ2) is 8.05. The lowest BCUT2D eigenvalue weighted by Gasteiger charge is -2.14. The zero-order chi connectivity index (χ0) is 20.5. The number of fused-ring (bicyclic) bond motifs is 1. The molecule has 0 saturated heterocycles. The maximum atomic E-state index is 13.4. The molecule has 0 saturated carbocycles. The molecule has 0 bridgehead atoms. The molecule has 146 valence electrons. The molecule has 0 spiro atoms. The van der Waals surface area contributed by atoms with Crippen LogP contribution in [0.4, 0.5) is 0 Å². The molecule has 0 radical (unpaired) electrons. The SMILES string of the molecule is Cc1cc(C)c2c(=O)c(OCc3ccc(Br)cc3)c(-c3ccccc3Cl)oc2c1. The molecule has 0 N–H and O–H groups in total. The van der Waals surface area contributed by atoms with Crippen LogP contribution in [0.3, 0.4) is 0 Å². The van der Waals surface area contributed by atoms with Gasteiger partial charge in [-0.3, -0.25) is 4.79 Å². The first-order valence-corrected chi connectivity index (χ1v) is 10.3. The molecular weight excluding hydrogens is 452 g/mol. The summed E-state index contributed by atoms with van der Waals surface area (Å²) < 4.78 is 13.2. The fourth-order valence-corrected chi connectivity index (χ4v) is 3.85. The van der Waals surface area contributed by atoms with Gasteiger partial charge in [-0.05, 0) is 60.9 Å². The molecular formula is C24H18BrClO3. The van der Waals surface area contributed by atoms with Crippen LogP contribution < -0.4 is 10.2 Å². The Balaban J connectivity index is 1.91.